The zero-order valence-electron chi connectivity index (χ0n) is 8.26. The number of carboxylic acid groups (broad SMARTS) is 1. The molecule has 3 N–H and O–H groups in total. The number of carboxylic acids is 1. The van der Waals surface area contributed by atoms with E-state index in [1.54, 1.807) is 0 Å². The zero-order chi connectivity index (χ0) is 11.7. The summed E-state index contributed by atoms with van der Waals surface area (Å²) in [7, 11) is 0. The quantitative estimate of drug-likeness (QED) is 0.432. The highest BCUT2D eigenvalue weighted by Gasteiger charge is 2.12. The molecule has 0 aromatic carbocycles. The lowest BCUT2D eigenvalue weighted by Crippen LogP contribution is -2.32. The third-order valence-electron chi connectivity index (χ3n) is 1.47. The van der Waals surface area contributed by atoms with E-state index in [4.69, 9.17) is 20.2 Å². The van der Waals surface area contributed by atoms with Crippen LogP contribution in [0.1, 0.15) is 12.8 Å². The lowest BCUT2D eigenvalue weighted by molar-refractivity contribution is -0.194. The summed E-state index contributed by atoms with van der Waals surface area (Å²) in [6.45, 7) is -0.267. The van der Waals surface area contributed by atoms with Gasteiger partial charge in [-0.15, -0.1) is 5.06 Å². The number of rotatable bonds is 8. The molecule has 0 amide bonds. The highest BCUT2D eigenvalue weighted by atomic mass is 16.7. The molecule has 15 heavy (non-hydrogen) atoms. The highest BCUT2D eigenvalue weighted by molar-refractivity contribution is 5.76. The van der Waals surface area contributed by atoms with E-state index in [1.165, 1.54) is 0 Å². The van der Waals surface area contributed by atoms with Crippen LogP contribution in [0.5, 0.6) is 0 Å². The van der Waals surface area contributed by atoms with Gasteiger partial charge in [0, 0.05) is 0 Å². The van der Waals surface area contributed by atoms with E-state index >= 15 is 0 Å². The average Bonchev–Trinajstić information content (AvgIpc) is 2.15. The lowest BCUT2D eigenvalue weighted by Gasteiger charge is -2.18. The maximum atomic E-state index is 11.0. The average molecular weight is 221 g/mol. The predicted octanol–water partition coefficient (Wildman–Crippen LogP) is -1.40. The maximum absolute atomic E-state index is 11.0. The fraction of sp³-hybridized carbons (Fsp3) is 0.750. The molecule has 0 aliphatic carbocycles. The van der Waals surface area contributed by atoms with Crippen LogP contribution >= 0.6 is 0 Å². The number of aliphatic hydroxyl groups is 2. The molecular formula is C8H15NO6. The molecule has 0 aromatic heterocycles. The number of hydrogen-bond acceptors (Lipinski definition) is 6. The van der Waals surface area contributed by atoms with E-state index in [0.717, 1.165) is 5.06 Å². The summed E-state index contributed by atoms with van der Waals surface area (Å²) in [4.78, 5) is 25.8. The van der Waals surface area contributed by atoms with Gasteiger partial charge in [0.1, 0.15) is 0 Å². The first kappa shape index (κ1) is 13.8. The van der Waals surface area contributed by atoms with Crippen molar-refractivity contribution in [2.75, 3.05) is 26.3 Å². The second kappa shape index (κ2) is 8.16. The van der Waals surface area contributed by atoms with Gasteiger partial charge in [0.15, 0.2) is 0 Å². The Kier molecular flexibility index (Phi) is 7.51. The monoisotopic (exact) mass is 221 g/mol. The van der Waals surface area contributed by atoms with Gasteiger partial charge in [0.05, 0.1) is 39.1 Å². The van der Waals surface area contributed by atoms with E-state index in [9.17, 15) is 9.59 Å². The third kappa shape index (κ3) is 7.86. The van der Waals surface area contributed by atoms with Gasteiger partial charge in [0.25, 0.3) is 0 Å². The minimum atomic E-state index is -1.08. The molecule has 0 aliphatic rings. The first-order valence-electron chi connectivity index (χ1n) is 4.49. The fourth-order valence-electron chi connectivity index (χ4n) is 0.825. The SMILES string of the molecule is O=C(O)CCC(=O)ON(CCO)CCO. The molecule has 0 bridgehead atoms. The molecule has 0 fully saturated rings. The minimum absolute atomic E-state index is 0.0827. The largest absolute Gasteiger partial charge is 0.481 e. The van der Waals surface area contributed by atoms with E-state index in [-0.39, 0.29) is 39.1 Å². The van der Waals surface area contributed by atoms with Gasteiger partial charge in [-0.2, -0.15) is 0 Å². The molecule has 0 spiro atoms. The molecule has 0 aliphatic heterocycles. The Morgan fingerprint density at radius 1 is 1.07 bits per heavy atom. The summed E-state index contributed by atoms with van der Waals surface area (Å²) in [5.74, 6) is -1.78. The smallest absolute Gasteiger partial charge is 0.325 e. The van der Waals surface area contributed by atoms with E-state index in [2.05, 4.69) is 0 Å². The van der Waals surface area contributed by atoms with E-state index in [1.807, 2.05) is 0 Å². The van der Waals surface area contributed by atoms with Crippen molar-refractivity contribution in [1.82, 2.24) is 5.06 Å². The van der Waals surface area contributed by atoms with E-state index in [0.29, 0.717) is 0 Å². The molecule has 7 nitrogen and oxygen atoms in total. The van der Waals surface area contributed by atoms with Gasteiger partial charge >= 0.3 is 11.9 Å². The van der Waals surface area contributed by atoms with Crippen molar-refractivity contribution in [1.29, 1.82) is 0 Å². The minimum Gasteiger partial charge on any atom is -0.481 e. The van der Waals surface area contributed by atoms with Crippen LogP contribution in [-0.4, -0.2) is 58.6 Å². The van der Waals surface area contributed by atoms with Gasteiger partial charge in [-0.3, -0.25) is 9.59 Å². The van der Waals surface area contributed by atoms with Crippen LogP contribution in [0.2, 0.25) is 0 Å². The molecule has 0 saturated heterocycles. The molecule has 0 unspecified atom stereocenters. The van der Waals surface area contributed by atoms with Crippen LogP contribution in [0.4, 0.5) is 0 Å². The second-order valence-electron chi connectivity index (χ2n) is 2.73. The first-order valence-corrected chi connectivity index (χ1v) is 4.49. The normalized spacial score (nSPS) is 10.3. The van der Waals surface area contributed by atoms with Gasteiger partial charge in [-0.05, 0) is 0 Å². The number of aliphatic carboxylic acids is 1. The van der Waals surface area contributed by atoms with Crippen molar-refractivity contribution in [3.8, 4) is 0 Å². The van der Waals surface area contributed by atoms with Gasteiger partial charge in [-0.25, -0.2) is 0 Å². The predicted molar refractivity (Wildman–Crippen MR) is 48.7 cm³/mol. The molecule has 0 heterocycles. The highest BCUT2D eigenvalue weighted by Crippen LogP contribution is 1.97. The molecule has 0 saturated carbocycles. The molecule has 0 aromatic rings. The molecule has 0 atom stereocenters. The Balaban J connectivity index is 3.82. The molecular weight excluding hydrogens is 206 g/mol. The van der Waals surface area contributed by atoms with E-state index < -0.39 is 11.9 Å². The Morgan fingerprint density at radius 3 is 2.00 bits per heavy atom. The van der Waals surface area contributed by atoms with Crippen molar-refractivity contribution in [2.45, 2.75) is 12.8 Å². The van der Waals surface area contributed by atoms with Crippen LogP contribution < -0.4 is 0 Å². The number of aliphatic hydroxyl groups excluding tert-OH is 2. The number of carbonyl (C=O) groups excluding carboxylic acids is 1. The molecule has 7 heteroatoms. The van der Waals surface area contributed by atoms with Gasteiger partial charge in [-0.1, -0.05) is 0 Å². The molecule has 0 rings (SSSR count). The summed E-state index contributed by atoms with van der Waals surface area (Å²) < 4.78 is 0. The van der Waals surface area contributed by atoms with Crippen LogP contribution in [-0.2, 0) is 14.4 Å². The zero-order valence-corrected chi connectivity index (χ0v) is 8.26. The van der Waals surface area contributed by atoms with Crippen molar-refractivity contribution >= 4 is 11.9 Å². The van der Waals surface area contributed by atoms with Crippen LogP contribution in [0.25, 0.3) is 0 Å². The van der Waals surface area contributed by atoms with Crippen LogP contribution in [0.3, 0.4) is 0 Å². The van der Waals surface area contributed by atoms with Crippen molar-refractivity contribution in [2.24, 2.45) is 0 Å². The van der Waals surface area contributed by atoms with Gasteiger partial charge in [0.2, 0.25) is 0 Å². The number of hydrogen-bond donors (Lipinski definition) is 3. The standard InChI is InChI=1S/C8H15NO6/c10-5-3-9(4-6-11)15-8(14)2-1-7(12)13/h10-11H,1-6H2,(H,12,13). The maximum Gasteiger partial charge on any atom is 0.325 e. The van der Waals surface area contributed by atoms with Crippen molar-refractivity contribution in [3.05, 3.63) is 0 Å². The summed E-state index contributed by atoms with van der Waals surface area (Å²) in [5, 5.41) is 26.6. The third-order valence-corrected chi connectivity index (χ3v) is 1.47. The Bertz CT molecular complexity index is 201. The van der Waals surface area contributed by atoms with Crippen LogP contribution in [0.15, 0.2) is 0 Å². The first-order chi connectivity index (χ1) is 7.10. The molecule has 88 valence electrons. The van der Waals surface area contributed by atoms with Crippen molar-refractivity contribution < 1.29 is 29.7 Å². The topological polar surface area (TPSA) is 107 Å². The number of hydroxylamine groups is 2. The Hall–Kier alpha value is -1.18. The summed E-state index contributed by atoms with van der Waals surface area (Å²) in [6, 6.07) is 0. The van der Waals surface area contributed by atoms with Gasteiger partial charge < -0.3 is 20.2 Å². The Morgan fingerprint density at radius 2 is 1.60 bits per heavy atom. The summed E-state index contributed by atoms with van der Waals surface area (Å²) >= 11 is 0. The Labute approximate surface area is 86.8 Å². The fourth-order valence-corrected chi connectivity index (χ4v) is 0.825. The summed E-state index contributed by atoms with van der Waals surface area (Å²) in [5.41, 5.74) is 0. The van der Waals surface area contributed by atoms with Crippen LogP contribution in [0, 0.1) is 0 Å². The summed E-state index contributed by atoms with van der Waals surface area (Å²) in [6.07, 6.45) is -0.534. The van der Waals surface area contributed by atoms with Crippen molar-refractivity contribution in [3.63, 3.8) is 0 Å². The molecule has 0 radical (unpaired) electrons. The lowest BCUT2D eigenvalue weighted by atomic mass is 10.3. The number of nitrogens with zero attached hydrogens (tertiary/aromatic N) is 1. The second-order valence-corrected chi connectivity index (χ2v) is 2.73. The number of carbonyl (C=O) groups is 2.